The first-order chi connectivity index (χ1) is 12.6. The molecule has 0 aliphatic heterocycles. The number of fused-ring (bicyclic) bond motifs is 1. The third kappa shape index (κ3) is 3.31. The highest BCUT2D eigenvalue weighted by molar-refractivity contribution is 5.91. The second kappa shape index (κ2) is 6.86. The van der Waals surface area contributed by atoms with Gasteiger partial charge in [-0.15, -0.1) is 5.10 Å². The lowest BCUT2D eigenvalue weighted by Crippen LogP contribution is -2.37. The van der Waals surface area contributed by atoms with Crippen molar-refractivity contribution in [2.75, 3.05) is 0 Å². The Bertz CT molecular complexity index is 926. The molecule has 6 nitrogen and oxygen atoms in total. The normalized spacial score (nSPS) is 20.2. The Morgan fingerprint density at radius 3 is 2.54 bits per heavy atom. The second-order valence-electron chi connectivity index (χ2n) is 7.12. The number of carbonyl (C=O) groups is 1. The summed E-state index contributed by atoms with van der Waals surface area (Å²) in [5, 5.41) is 7.41. The molecule has 1 aliphatic rings. The van der Waals surface area contributed by atoms with Gasteiger partial charge in [0.15, 0.2) is 0 Å². The number of aromatic nitrogens is 4. The molecule has 1 aliphatic carbocycles. The fourth-order valence-corrected chi connectivity index (χ4v) is 3.81. The maximum Gasteiger partial charge on any atom is 0.291 e. The van der Waals surface area contributed by atoms with Crippen LogP contribution in [0.25, 0.3) is 5.78 Å². The number of carbonyl (C=O) groups excluding carboxylic acids is 1. The van der Waals surface area contributed by atoms with Crippen molar-refractivity contribution in [3.05, 3.63) is 59.2 Å². The first-order valence-corrected chi connectivity index (χ1v) is 9.17. The maximum atomic E-state index is 12.6. The first kappa shape index (κ1) is 16.7. The lowest BCUT2D eigenvalue weighted by Gasteiger charge is -2.29. The first-order valence-electron chi connectivity index (χ1n) is 9.17. The van der Waals surface area contributed by atoms with Crippen LogP contribution in [0.2, 0.25) is 0 Å². The van der Waals surface area contributed by atoms with E-state index in [0.29, 0.717) is 11.7 Å². The summed E-state index contributed by atoms with van der Waals surface area (Å²) in [6, 6.07) is 12.7. The largest absolute Gasteiger partial charge is 0.347 e. The van der Waals surface area contributed by atoms with E-state index in [2.05, 4.69) is 50.7 Å². The molecular formula is C20H23N5O. The van der Waals surface area contributed by atoms with E-state index in [1.54, 1.807) is 4.52 Å². The number of nitrogens with one attached hydrogen (secondary N) is 1. The third-order valence-corrected chi connectivity index (χ3v) is 5.15. The zero-order valence-electron chi connectivity index (χ0n) is 15.1. The van der Waals surface area contributed by atoms with Crippen molar-refractivity contribution in [3.63, 3.8) is 0 Å². The SMILES string of the molecule is Cc1cc(C)n2nc(C(=O)NC3CCC(c4ccccc4)CC3)nc2n1. The Kier molecular flexibility index (Phi) is 4.41. The highest BCUT2D eigenvalue weighted by Gasteiger charge is 2.25. The summed E-state index contributed by atoms with van der Waals surface area (Å²) >= 11 is 0. The van der Waals surface area contributed by atoms with E-state index in [1.807, 2.05) is 19.9 Å². The molecule has 0 saturated heterocycles. The predicted molar refractivity (Wildman–Crippen MR) is 99.2 cm³/mol. The molecule has 0 atom stereocenters. The highest BCUT2D eigenvalue weighted by atomic mass is 16.2. The summed E-state index contributed by atoms with van der Waals surface area (Å²) in [5.74, 6) is 1.04. The summed E-state index contributed by atoms with van der Waals surface area (Å²) in [7, 11) is 0. The third-order valence-electron chi connectivity index (χ3n) is 5.15. The summed E-state index contributed by atoms with van der Waals surface area (Å²) in [6.07, 6.45) is 4.14. The summed E-state index contributed by atoms with van der Waals surface area (Å²) in [4.78, 5) is 21.2. The quantitative estimate of drug-likeness (QED) is 0.788. The zero-order chi connectivity index (χ0) is 18.1. The molecule has 6 heteroatoms. The number of rotatable bonds is 3. The van der Waals surface area contributed by atoms with Gasteiger partial charge in [0.2, 0.25) is 5.82 Å². The molecule has 0 radical (unpaired) electrons. The molecule has 2 aromatic heterocycles. The van der Waals surface area contributed by atoms with Crippen molar-refractivity contribution in [1.29, 1.82) is 0 Å². The Hall–Kier alpha value is -2.76. The molecule has 1 fully saturated rings. The van der Waals surface area contributed by atoms with Gasteiger partial charge in [0.05, 0.1) is 0 Å². The van der Waals surface area contributed by atoms with Crippen LogP contribution in [0.5, 0.6) is 0 Å². The summed E-state index contributed by atoms with van der Waals surface area (Å²) in [5.41, 5.74) is 3.19. The van der Waals surface area contributed by atoms with Gasteiger partial charge in [-0.05, 0) is 57.1 Å². The van der Waals surface area contributed by atoms with Gasteiger partial charge in [-0.1, -0.05) is 30.3 Å². The predicted octanol–water partition coefficient (Wildman–Crippen LogP) is 3.20. The maximum absolute atomic E-state index is 12.6. The number of hydrogen-bond donors (Lipinski definition) is 1. The van der Waals surface area contributed by atoms with E-state index in [9.17, 15) is 4.79 Å². The fraction of sp³-hybridized carbons (Fsp3) is 0.400. The Labute approximate surface area is 152 Å². The zero-order valence-corrected chi connectivity index (χ0v) is 15.1. The number of hydrogen-bond acceptors (Lipinski definition) is 4. The van der Waals surface area contributed by atoms with Crippen molar-refractivity contribution in [1.82, 2.24) is 24.9 Å². The van der Waals surface area contributed by atoms with Crippen LogP contribution in [0.3, 0.4) is 0 Å². The van der Waals surface area contributed by atoms with Gasteiger partial charge in [-0.3, -0.25) is 4.79 Å². The molecule has 4 rings (SSSR count). The molecule has 0 unspecified atom stereocenters. The van der Waals surface area contributed by atoms with Crippen LogP contribution >= 0.6 is 0 Å². The number of aryl methyl sites for hydroxylation is 2. The van der Waals surface area contributed by atoms with E-state index < -0.39 is 0 Å². The lowest BCUT2D eigenvalue weighted by molar-refractivity contribution is 0.0915. The van der Waals surface area contributed by atoms with Gasteiger partial charge in [0.1, 0.15) is 0 Å². The van der Waals surface area contributed by atoms with Crippen LogP contribution < -0.4 is 5.32 Å². The average Bonchev–Trinajstić information content (AvgIpc) is 3.08. The van der Waals surface area contributed by atoms with Crippen molar-refractivity contribution >= 4 is 11.7 Å². The van der Waals surface area contributed by atoms with Gasteiger partial charge < -0.3 is 5.32 Å². The fourth-order valence-electron chi connectivity index (χ4n) is 3.81. The van der Waals surface area contributed by atoms with Gasteiger partial charge in [0, 0.05) is 17.4 Å². The second-order valence-corrected chi connectivity index (χ2v) is 7.12. The summed E-state index contributed by atoms with van der Waals surface area (Å²) in [6.45, 7) is 3.84. The standard InChI is InChI=1S/C20H23N5O/c1-13-12-14(2)25-20(21-13)23-18(24-25)19(26)22-17-10-8-16(9-11-17)15-6-4-3-5-7-15/h3-7,12,16-17H,8-11H2,1-2H3,(H,22,26). The van der Waals surface area contributed by atoms with E-state index in [4.69, 9.17) is 0 Å². The molecule has 0 spiro atoms. The topological polar surface area (TPSA) is 72.2 Å². The van der Waals surface area contributed by atoms with Gasteiger partial charge in [0.25, 0.3) is 11.7 Å². The van der Waals surface area contributed by atoms with E-state index in [0.717, 1.165) is 37.1 Å². The van der Waals surface area contributed by atoms with E-state index in [1.165, 1.54) is 5.56 Å². The lowest BCUT2D eigenvalue weighted by atomic mass is 9.82. The molecule has 134 valence electrons. The number of amides is 1. The molecule has 1 amide bonds. The minimum Gasteiger partial charge on any atom is -0.347 e. The molecule has 26 heavy (non-hydrogen) atoms. The smallest absolute Gasteiger partial charge is 0.291 e. The minimum atomic E-state index is -0.212. The van der Waals surface area contributed by atoms with Gasteiger partial charge >= 0.3 is 0 Å². The van der Waals surface area contributed by atoms with Crippen molar-refractivity contribution in [2.45, 2.75) is 51.5 Å². The van der Waals surface area contributed by atoms with E-state index in [-0.39, 0.29) is 17.8 Å². The van der Waals surface area contributed by atoms with Crippen LogP contribution in [0.1, 0.15) is 59.2 Å². The average molecular weight is 349 g/mol. The highest BCUT2D eigenvalue weighted by Crippen LogP contribution is 2.32. The Morgan fingerprint density at radius 1 is 1.08 bits per heavy atom. The Balaban J connectivity index is 1.41. The van der Waals surface area contributed by atoms with Crippen LogP contribution in [0.4, 0.5) is 0 Å². The van der Waals surface area contributed by atoms with Crippen LogP contribution in [0, 0.1) is 13.8 Å². The van der Waals surface area contributed by atoms with Crippen LogP contribution in [-0.4, -0.2) is 31.5 Å². The molecule has 1 N–H and O–H groups in total. The van der Waals surface area contributed by atoms with Crippen molar-refractivity contribution in [2.24, 2.45) is 0 Å². The van der Waals surface area contributed by atoms with Gasteiger partial charge in [-0.2, -0.15) is 4.98 Å². The summed E-state index contributed by atoms with van der Waals surface area (Å²) < 4.78 is 1.62. The van der Waals surface area contributed by atoms with Crippen LogP contribution in [0.15, 0.2) is 36.4 Å². The Morgan fingerprint density at radius 2 is 1.81 bits per heavy atom. The van der Waals surface area contributed by atoms with E-state index >= 15 is 0 Å². The van der Waals surface area contributed by atoms with Crippen molar-refractivity contribution in [3.8, 4) is 0 Å². The number of nitrogens with zero attached hydrogens (tertiary/aromatic N) is 4. The monoisotopic (exact) mass is 349 g/mol. The van der Waals surface area contributed by atoms with Gasteiger partial charge in [-0.25, -0.2) is 9.50 Å². The molecule has 1 aromatic carbocycles. The van der Waals surface area contributed by atoms with Crippen molar-refractivity contribution < 1.29 is 4.79 Å². The molecule has 3 aromatic rings. The van der Waals surface area contributed by atoms with Crippen LogP contribution in [-0.2, 0) is 0 Å². The molecular weight excluding hydrogens is 326 g/mol. The molecule has 2 heterocycles. The molecule has 1 saturated carbocycles. The minimum absolute atomic E-state index is 0.185. The number of benzene rings is 1. The molecule has 0 bridgehead atoms.